The molecule has 23 heavy (non-hydrogen) atoms. The molecule has 0 aliphatic carbocycles. The molecule has 2 nitrogen and oxygen atoms in total. The Morgan fingerprint density at radius 1 is 0.565 bits per heavy atom. The first kappa shape index (κ1) is 17.4. The zero-order valence-corrected chi connectivity index (χ0v) is 14.7. The van der Waals surface area contributed by atoms with Crippen molar-refractivity contribution in [2.45, 2.75) is 59.8 Å². The molecular formula is C21H28O2. The van der Waals surface area contributed by atoms with Crippen molar-refractivity contribution in [2.75, 3.05) is 0 Å². The maximum atomic E-state index is 10.5. The second-order valence-electron chi connectivity index (χ2n) is 6.12. The van der Waals surface area contributed by atoms with Crippen LogP contribution in [0.25, 0.3) is 0 Å². The highest BCUT2D eigenvalue weighted by Crippen LogP contribution is 2.32. The number of phenols is 2. The molecule has 2 rings (SSSR count). The van der Waals surface area contributed by atoms with Crippen LogP contribution in [0.1, 0.15) is 61.1 Å². The van der Waals surface area contributed by atoms with Gasteiger partial charge in [-0.2, -0.15) is 0 Å². The molecule has 0 aromatic heterocycles. The fraction of sp³-hybridized carbons (Fsp3) is 0.429. The molecule has 0 heterocycles. The third-order valence-electron chi connectivity index (χ3n) is 4.61. The van der Waals surface area contributed by atoms with E-state index in [4.69, 9.17) is 0 Å². The van der Waals surface area contributed by atoms with Gasteiger partial charge in [0.25, 0.3) is 0 Å². The molecule has 0 amide bonds. The lowest BCUT2D eigenvalue weighted by Gasteiger charge is -2.15. The molecule has 124 valence electrons. The maximum Gasteiger partial charge on any atom is 0.122 e. The van der Waals surface area contributed by atoms with Crippen LogP contribution in [0.2, 0.25) is 0 Å². The van der Waals surface area contributed by atoms with Crippen LogP contribution in [0.4, 0.5) is 0 Å². The molecule has 0 fully saturated rings. The number of phenolic OH excluding ortho intramolecular Hbond substituents is 2. The van der Waals surface area contributed by atoms with Gasteiger partial charge in [-0.15, -0.1) is 0 Å². The van der Waals surface area contributed by atoms with Gasteiger partial charge in [-0.1, -0.05) is 52.0 Å². The van der Waals surface area contributed by atoms with Gasteiger partial charge in [-0.05, 0) is 59.1 Å². The van der Waals surface area contributed by atoms with Gasteiger partial charge in [-0.25, -0.2) is 0 Å². The fourth-order valence-corrected chi connectivity index (χ4v) is 3.09. The summed E-state index contributed by atoms with van der Waals surface area (Å²) < 4.78 is 0. The molecule has 2 aromatic rings. The van der Waals surface area contributed by atoms with E-state index in [2.05, 4.69) is 52.0 Å². The molecule has 2 aromatic carbocycles. The predicted molar refractivity (Wildman–Crippen MR) is 96.5 cm³/mol. The van der Waals surface area contributed by atoms with E-state index in [1.165, 1.54) is 11.1 Å². The Balaban J connectivity index is 2.50. The van der Waals surface area contributed by atoms with Gasteiger partial charge >= 0.3 is 0 Å². The molecule has 0 aliphatic rings. The van der Waals surface area contributed by atoms with Crippen molar-refractivity contribution in [3.8, 4) is 11.5 Å². The van der Waals surface area contributed by atoms with Gasteiger partial charge in [0.1, 0.15) is 11.5 Å². The maximum absolute atomic E-state index is 10.5. The fourth-order valence-electron chi connectivity index (χ4n) is 3.09. The number of rotatable bonds is 6. The highest BCUT2D eigenvalue weighted by Gasteiger charge is 2.14. The molecule has 2 heteroatoms. The standard InChI is InChI=1S/C21H28O2/c1-5-14-9-16(7-3)20(22)18(11-14)13-19-12-15(6-2)10-17(8-4)21(19)23/h9-12,22-23H,5-8,13H2,1-4H3. The molecule has 0 aliphatic heterocycles. The number of hydrogen-bond donors (Lipinski definition) is 2. The quantitative estimate of drug-likeness (QED) is 0.793. The van der Waals surface area contributed by atoms with Crippen LogP contribution in [0.15, 0.2) is 24.3 Å². The van der Waals surface area contributed by atoms with Gasteiger partial charge in [0.15, 0.2) is 0 Å². The van der Waals surface area contributed by atoms with E-state index in [1.54, 1.807) is 0 Å². The second kappa shape index (κ2) is 7.54. The van der Waals surface area contributed by atoms with Crippen LogP contribution >= 0.6 is 0 Å². The normalized spacial score (nSPS) is 11.0. The van der Waals surface area contributed by atoms with Crippen molar-refractivity contribution >= 4 is 0 Å². The molecular weight excluding hydrogens is 284 g/mol. The minimum Gasteiger partial charge on any atom is -0.507 e. The number of hydrogen-bond acceptors (Lipinski definition) is 2. The SMILES string of the molecule is CCc1cc(CC)c(O)c(Cc2cc(CC)cc(CC)c2O)c1. The average Bonchev–Trinajstić information content (AvgIpc) is 2.58. The summed E-state index contributed by atoms with van der Waals surface area (Å²) >= 11 is 0. The zero-order valence-electron chi connectivity index (χ0n) is 14.7. The summed E-state index contributed by atoms with van der Waals surface area (Å²) in [6.45, 7) is 8.37. The molecule has 0 unspecified atom stereocenters. The first-order chi connectivity index (χ1) is 11.0. The third-order valence-corrected chi connectivity index (χ3v) is 4.61. The molecule has 0 radical (unpaired) electrons. The third kappa shape index (κ3) is 3.69. The van der Waals surface area contributed by atoms with Crippen molar-refractivity contribution in [2.24, 2.45) is 0 Å². The van der Waals surface area contributed by atoms with Crippen molar-refractivity contribution in [1.82, 2.24) is 0 Å². The van der Waals surface area contributed by atoms with Crippen LogP contribution in [0, 0.1) is 0 Å². The van der Waals surface area contributed by atoms with E-state index in [1.807, 2.05) is 0 Å². The van der Waals surface area contributed by atoms with E-state index < -0.39 is 0 Å². The summed E-state index contributed by atoms with van der Waals surface area (Å²) in [7, 11) is 0. The predicted octanol–water partition coefficient (Wildman–Crippen LogP) is 4.94. The summed E-state index contributed by atoms with van der Waals surface area (Å²) in [6, 6.07) is 8.30. The van der Waals surface area contributed by atoms with Crippen LogP contribution in [-0.4, -0.2) is 10.2 Å². The number of aromatic hydroxyl groups is 2. The minimum atomic E-state index is 0.379. The molecule has 0 saturated carbocycles. The lowest BCUT2D eigenvalue weighted by atomic mass is 9.93. The van der Waals surface area contributed by atoms with E-state index in [0.29, 0.717) is 17.9 Å². The van der Waals surface area contributed by atoms with Gasteiger partial charge in [0, 0.05) is 6.42 Å². The van der Waals surface area contributed by atoms with E-state index in [-0.39, 0.29) is 0 Å². The van der Waals surface area contributed by atoms with Gasteiger partial charge in [0.2, 0.25) is 0 Å². The van der Waals surface area contributed by atoms with Crippen molar-refractivity contribution < 1.29 is 10.2 Å². The van der Waals surface area contributed by atoms with Gasteiger partial charge < -0.3 is 10.2 Å². The Labute approximate surface area is 139 Å². The summed E-state index contributed by atoms with van der Waals surface area (Å²) in [5.41, 5.74) is 6.26. The first-order valence-electron chi connectivity index (χ1n) is 8.71. The van der Waals surface area contributed by atoms with E-state index >= 15 is 0 Å². The summed E-state index contributed by atoms with van der Waals surface area (Å²) in [4.78, 5) is 0. The lowest BCUT2D eigenvalue weighted by Crippen LogP contribution is -1.99. The van der Waals surface area contributed by atoms with Gasteiger partial charge in [-0.3, -0.25) is 0 Å². The van der Waals surface area contributed by atoms with Crippen LogP contribution in [0.5, 0.6) is 11.5 Å². The average molecular weight is 312 g/mol. The highest BCUT2D eigenvalue weighted by molar-refractivity contribution is 5.50. The van der Waals surface area contributed by atoms with E-state index in [0.717, 1.165) is 47.9 Å². The summed E-state index contributed by atoms with van der Waals surface area (Å²) in [6.07, 6.45) is 4.09. The number of aryl methyl sites for hydroxylation is 4. The van der Waals surface area contributed by atoms with Crippen LogP contribution < -0.4 is 0 Å². The van der Waals surface area contributed by atoms with E-state index in [9.17, 15) is 10.2 Å². The molecule has 0 saturated heterocycles. The highest BCUT2D eigenvalue weighted by atomic mass is 16.3. The van der Waals surface area contributed by atoms with Gasteiger partial charge in [0.05, 0.1) is 0 Å². The number of benzene rings is 2. The first-order valence-corrected chi connectivity index (χ1v) is 8.71. The van der Waals surface area contributed by atoms with Crippen molar-refractivity contribution in [3.05, 3.63) is 57.6 Å². The topological polar surface area (TPSA) is 40.5 Å². The van der Waals surface area contributed by atoms with Crippen LogP contribution in [-0.2, 0) is 32.1 Å². The Kier molecular flexibility index (Phi) is 5.70. The summed E-state index contributed by atoms with van der Waals surface area (Å²) in [5.74, 6) is 0.758. The Bertz CT molecular complexity index is 627. The smallest absolute Gasteiger partial charge is 0.122 e. The minimum absolute atomic E-state index is 0.379. The summed E-state index contributed by atoms with van der Waals surface area (Å²) in [5, 5.41) is 21.1. The van der Waals surface area contributed by atoms with Crippen molar-refractivity contribution in [3.63, 3.8) is 0 Å². The zero-order chi connectivity index (χ0) is 17.0. The Morgan fingerprint density at radius 3 is 1.22 bits per heavy atom. The molecule has 0 spiro atoms. The second-order valence-corrected chi connectivity index (χ2v) is 6.12. The molecule has 0 bridgehead atoms. The van der Waals surface area contributed by atoms with Crippen LogP contribution in [0.3, 0.4) is 0 Å². The Hall–Kier alpha value is -1.96. The Morgan fingerprint density at radius 2 is 0.913 bits per heavy atom. The largest absolute Gasteiger partial charge is 0.507 e. The molecule has 0 atom stereocenters. The monoisotopic (exact) mass is 312 g/mol. The lowest BCUT2D eigenvalue weighted by molar-refractivity contribution is 0.456. The molecule has 2 N–H and O–H groups in total. The van der Waals surface area contributed by atoms with Crippen molar-refractivity contribution in [1.29, 1.82) is 0 Å².